The van der Waals surface area contributed by atoms with Gasteiger partial charge in [0, 0.05) is 35.9 Å². The number of nitrogens with one attached hydrogen (secondary N) is 1. The average molecular weight is 338 g/mol. The van der Waals surface area contributed by atoms with Gasteiger partial charge in [0.2, 0.25) is 11.8 Å². The summed E-state index contributed by atoms with van der Waals surface area (Å²) < 4.78 is 12.6. The van der Waals surface area contributed by atoms with Crippen molar-refractivity contribution in [3.8, 4) is 5.75 Å². The largest absolute Gasteiger partial charge is 0.496 e. The van der Waals surface area contributed by atoms with Crippen LogP contribution in [0.25, 0.3) is 0 Å². The zero-order valence-electron chi connectivity index (χ0n) is 14.0. The van der Waals surface area contributed by atoms with Crippen LogP contribution < -0.4 is 10.1 Å². The minimum absolute atomic E-state index is 0.0712. The Bertz CT molecular complexity index is 915. The molecule has 0 aliphatic carbocycles. The van der Waals surface area contributed by atoms with Crippen LogP contribution in [0.1, 0.15) is 34.7 Å². The van der Waals surface area contributed by atoms with E-state index in [0.29, 0.717) is 18.8 Å². The second kappa shape index (κ2) is 6.08. The Labute approximate surface area is 144 Å². The fraction of sp³-hybridized carbons (Fsp3) is 0.278. The number of methoxy groups -OCH3 is 1. The number of benzene rings is 1. The lowest BCUT2D eigenvalue weighted by molar-refractivity contribution is -0.116. The summed E-state index contributed by atoms with van der Waals surface area (Å²) in [7, 11) is 1.65. The highest BCUT2D eigenvalue weighted by atomic mass is 16.5. The minimum atomic E-state index is -0.0859. The average Bonchev–Trinajstić information content (AvgIpc) is 3.24. The van der Waals surface area contributed by atoms with Gasteiger partial charge in [-0.05, 0) is 30.7 Å². The molecule has 7 heteroatoms. The molecule has 0 saturated carbocycles. The van der Waals surface area contributed by atoms with Gasteiger partial charge in [-0.15, -0.1) is 0 Å². The molecule has 0 spiro atoms. The zero-order chi connectivity index (χ0) is 17.4. The molecule has 1 atom stereocenters. The van der Waals surface area contributed by atoms with Crippen LogP contribution in [0.15, 0.2) is 41.2 Å². The molecule has 1 aliphatic rings. The number of aryl methyl sites for hydroxylation is 1. The van der Waals surface area contributed by atoms with Gasteiger partial charge in [0.25, 0.3) is 0 Å². The molecule has 1 amide bonds. The normalized spacial score (nSPS) is 16.4. The first-order valence-electron chi connectivity index (χ1n) is 8.06. The topological polar surface area (TPSA) is 82.2 Å². The van der Waals surface area contributed by atoms with Crippen molar-refractivity contribution in [2.45, 2.75) is 25.8 Å². The van der Waals surface area contributed by atoms with Gasteiger partial charge in [0.05, 0.1) is 19.3 Å². The summed E-state index contributed by atoms with van der Waals surface area (Å²) in [6, 6.07) is 7.88. The smallest absolute Gasteiger partial charge is 0.235 e. The lowest BCUT2D eigenvalue weighted by Gasteiger charge is -2.23. The molecule has 0 radical (unpaired) electrons. The maximum absolute atomic E-state index is 12.0. The minimum Gasteiger partial charge on any atom is -0.496 e. The fourth-order valence-electron chi connectivity index (χ4n) is 3.33. The van der Waals surface area contributed by atoms with E-state index in [1.54, 1.807) is 13.3 Å². The molecule has 25 heavy (non-hydrogen) atoms. The Kier molecular flexibility index (Phi) is 3.76. The quantitative estimate of drug-likeness (QED) is 0.791. The van der Waals surface area contributed by atoms with Crippen LogP contribution in [0.5, 0.6) is 5.75 Å². The molecule has 7 nitrogen and oxygen atoms in total. The van der Waals surface area contributed by atoms with E-state index in [1.807, 2.05) is 36.0 Å². The summed E-state index contributed by atoms with van der Waals surface area (Å²) in [6.07, 6.45) is 4.01. The number of carbonyl (C=O) groups is 1. The molecule has 1 unspecified atom stereocenters. The predicted molar refractivity (Wildman–Crippen MR) is 90.7 cm³/mol. The van der Waals surface area contributed by atoms with Gasteiger partial charge < -0.3 is 9.26 Å². The first-order chi connectivity index (χ1) is 12.2. The van der Waals surface area contributed by atoms with Gasteiger partial charge in [-0.25, -0.2) is 0 Å². The first kappa shape index (κ1) is 15.4. The Balaban J connectivity index is 1.76. The third-order valence-electron chi connectivity index (χ3n) is 4.50. The highest BCUT2D eigenvalue weighted by Gasteiger charge is 2.32. The van der Waals surface area contributed by atoms with Gasteiger partial charge >= 0.3 is 0 Å². The van der Waals surface area contributed by atoms with Gasteiger partial charge in [-0.3, -0.25) is 14.8 Å². The molecular formula is C18H18N4O3. The number of aromatic nitrogens is 3. The third-order valence-corrected chi connectivity index (χ3v) is 4.50. The predicted octanol–water partition coefficient (Wildman–Crippen LogP) is 2.71. The molecule has 0 bridgehead atoms. The third kappa shape index (κ3) is 2.77. The second-order valence-corrected chi connectivity index (χ2v) is 6.09. The first-order valence-corrected chi connectivity index (χ1v) is 8.06. The molecule has 3 heterocycles. The Morgan fingerprint density at radius 3 is 3.08 bits per heavy atom. The summed E-state index contributed by atoms with van der Waals surface area (Å²) in [5.41, 5.74) is 3.77. The van der Waals surface area contributed by atoms with Gasteiger partial charge in [0.1, 0.15) is 5.75 Å². The van der Waals surface area contributed by atoms with Crippen LogP contribution in [0.3, 0.4) is 0 Å². The number of carbonyl (C=O) groups excluding carboxylic acids is 1. The molecule has 0 saturated heterocycles. The van der Waals surface area contributed by atoms with Crippen molar-refractivity contribution < 1.29 is 14.1 Å². The number of hydrogen-bond acceptors (Lipinski definition) is 5. The molecule has 128 valence electrons. The van der Waals surface area contributed by atoms with Crippen LogP contribution in [0.2, 0.25) is 0 Å². The Morgan fingerprint density at radius 1 is 1.44 bits per heavy atom. The molecule has 4 rings (SSSR count). The van der Waals surface area contributed by atoms with E-state index in [1.165, 1.54) is 0 Å². The second-order valence-electron chi connectivity index (χ2n) is 6.09. The Hall–Kier alpha value is -3.09. The summed E-state index contributed by atoms with van der Waals surface area (Å²) in [6.45, 7) is 2.49. The van der Waals surface area contributed by atoms with Crippen molar-refractivity contribution in [1.82, 2.24) is 14.9 Å². The highest BCUT2D eigenvalue weighted by Crippen LogP contribution is 2.40. The summed E-state index contributed by atoms with van der Waals surface area (Å²) in [5.74, 6) is 1.08. The van der Waals surface area contributed by atoms with Crippen molar-refractivity contribution in [3.63, 3.8) is 0 Å². The number of rotatable bonds is 4. The van der Waals surface area contributed by atoms with E-state index in [0.717, 1.165) is 28.1 Å². The number of anilines is 1. The van der Waals surface area contributed by atoms with Crippen LogP contribution in [0.4, 0.5) is 5.88 Å². The molecule has 3 aromatic rings. The lowest BCUT2D eigenvalue weighted by Crippen LogP contribution is -2.23. The van der Waals surface area contributed by atoms with E-state index in [2.05, 4.69) is 21.6 Å². The molecule has 1 N–H and O–H groups in total. The van der Waals surface area contributed by atoms with E-state index in [4.69, 9.17) is 9.26 Å². The van der Waals surface area contributed by atoms with Crippen LogP contribution in [-0.4, -0.2) is 28.0 Å². The van der Waals surface area contributed by atoms with Crippen molar-refractivity contribution in [3.05, 3.63) is 59.0 Å². The molecule has 1 aliphatic heterocycles. The van der Waals surface area contributed by atoms with Crippen molar-refractivity contribution >= 4 is 11.8 Å². The van der Waals surface area contributed by atoms with E-state index < -0.39 is 0 Å². The zero-order valence-corrected chi connectivity index (χ0v) is 14.0. The Morgan fingerprint density at radius 2 is 2.32 bits per heavy atom. The van der Waals surface area contributed by atoms with Crippen LogP contribution in [-0.2, 0) is 11.3 Å². The van der Waals surface area contributed by atoms with Gasteiger partial charge in [-0.1, -0.05) is 11.2 Å². The monoisotopic (exact) mass is 338 g/mol. The standard InChI is InChI=1S/C18H18N4O3/c1-11-17-14(9-16(23)20-18(17)25-21-11)12-4-5-15(24-2)13(8-12)10-22-7-3-6-19-22/h3-8,14H,9-10H2,1-2H3,(H,20,23). The molecule has 1 aromatic carbocycles. The van der Waals surface area contributed by atoms with Crippen LogP contribution >= 0.6 is 0 Å². The van der Waals surface area contributed by atoms with Crippen molar-refractivity contribution in [2.24, 2.45) is 0 Å². The summed E-state index contributed by atoms with van der Waals surface area (Å²) in [4.78, 5) is 12.0. The summed E-state index contributed by atoms with van der Waals surface area (Å²) >= 11 is 0. The van der Waals surface area contributed by atoms with E-state index >= 15 is 0 Å². The highest BCUT2D eigenvalue weighted by molar-refractivity contribution is 5.93. The number of amides is 1. The fourth-order valence-corrected chi connectivity index (χ4v) is 3.33. The number of hydrogen-bond donors (Lipinski definition) is 1. The molecule has 2 aromatic heterocycles. The number of fused-ring (bicyclic) bond motifs is 1. The van der Waals surface area contributed by atoms with Crippen LogP contribution in [0, 0.1) is 6.92 Å². The molecule has 0 fully saturated rings. The SMILES string of the molecule is COc1ccc(C2CC(=O)Nc3onc(C)c32)cc1Cn1cccn1. The van der Waals surface area contributed by atoms with Gasteiger partial charge in [0.15, 0.2) is 0 Å². The number of nitrogens with zero attached hydrogens (tertiary/aromatic N) is 3. The number of ether oxygens (including phenoxy) is 1. The maximum atomic E-state index is 12.0. The van der Waals surface area contributed by atoms with E-state index in [9.17, 15) is 4.79 Å². The lowest BCUT2D eigenvalue weighted by atomic mass is 9.85. The van der Waals surface area contributed by atoms with Gasteiger partial charge in [-0.2, -0.15) is 5.10 Å². The van der Waals surface area contributed by atoms with Crippen molar-refractivity contribution in [2.75, 3.05) is 12.4 Å². The summed E-state index contributed by atoms with van der Waals surface area (Å²) in [5, 5.41) is 11.0. The van der Waals surface area contributed by atoms with Crippen molar-refractivity contribution in [1.29, 1.82) is 0 Å². The van der Waals surface area contributed by atoms with E-state index in [-0.39, 0.29) is 11.8 Å². The maximum Gasteiger partial charge on any atom is 0.235 e. The molecular weight excluding hydrogens is 320 g/mol.